The second kappa shape index (κ2) is 6.19. The van der Waals surface area contributed by atoms with Crippen LogP contribution in [0.15, 0.2) is 35.0 Å². The van der Waals surface area contributed by atoms with E-state index in [2.05, 4.69) is 9.98 Å². The zero-order valence-electron chi connectivity index (χ0n) is 11.4. The van der Waals surface area contributed by atoms with Crippen LogP contribution in [0.2, 0.25) is 9.62 Å². The number of aliphatic imine (C=N–C) groups is 1. The Bertz CT molecular complexity index is 873. The summed E-state index contributed by atoms with van der Waals surface area (Å²) < 4.78 is 42.8. The number of esters is 1. The smallest absolute Gasteiger partial charge is 0.402 e. The number of thiazole rings is 1. The maximum atomic E-state index is 12.6. The number of aromatic nitrogens is 1. The molecule has 1 aliphatic rings. The van der Waals surface area contributed by atoms with Crippen molar-refractivity contribution in [3.8, 4) is 0 Å². The van der Waals surface area contributed by atoms with Crippen molar-refractivity contribution in [1.82, 2.24) is 4.98 Å². The van der Waals surface area contributed by atoms with Gasteiger partial charge in [-0.3, -0.25) is 0 Å². The SMILES string of the molecule is O=C1OC(c2ccc(C(F)(F)F)cc2)=NC1=Cc1sc(Cl)nc1Cl. The van der Waals surface area contributed by atoms with Gasteiger partial charge >= 0.3 is 12.1 Å². The highest BCUT2D eigenvalue weighted by Crippen LogP contribution is 2.31. The first-order valence-corrected chi connectivity index (χ1v) is 7.83. The summed E-state index contributed by atoms with van der Waals surface area (Å²) in [5, 5.41) is 0.114. The molecule has 0 amide bonds. The quantitative estimate of drug-likeness (QED) is 0.544. The van der Waals surface area contributed by atoms with E-state index in [1.54, 1.807) is 0 Å². The molecular formula is C14H5Cl2F3N2O2S. The van der Waals surface area contributed by atoms with Gasteiger partial charge in [-0.1, -0.05) is 23.2 Å². The molecule has 2 heterocycles. The molecule has 0 aliphatic carbocycles. The average Bonchev–Trinajstić information content (AvgIpc) is 3.01. The Morgan fingerprint density at radius 2 is 1.83 bits per heavy atom. The molecule has 124 valence electrons. The normalized spacial score (nSPS) is 16.5. The largest absolute Gasteiger partial charge is 0.416 e. The maximum Gasteiger partial charge on any atom is 0.416 e. The topological polar surface area (TPSA) is 51.5 Å². The van der Waals surface area contributed by atoms with Crippen LogP contribution >= 0.6 is 34.5 Å². The first kappa shape index (κ1) is 16.9. The molecular weight excluding hydrogens is 388 g/mol. The van der Waals surface area contributed by atoms with Crippen molar-refractivity contribution in [2.45, 2.75) is 6.18 Å². The number of hydrogen-bond acceptors (Lipinski definition) is 5. The molecule has 24 heavy (non-hydrogen) atoms. The van der Waals surface area contributed by atoms with Gasteiger partial charge in [0, 0.05) is 5.56 Å². The van der Waals surface area contributed by atoms with Crippen LogP contribution in [0.4, 0.5) is 13.2 Å². The molecule has 0 fully saturated rings. The fraction of sp³-hybridized carbons (Fsp3) is 0.0714. The van der Waals surface area contributed by atoms with Crippen LogP contribution in [0.1, 0.15) is 16.0 Å². The van der Waals surface area contributed by atoms with Gasteiger partial charge in [0.1, 0.15) is 5.15 Å². The Morgan fingerprint density at radius 3 is 2.38 bits per heavy atom. The highest BCUT2D eigenvalue weighted by Gasteiger charge is 2.31. The molecule has 0 radical (unpaired) electrons. The molecule has 0 saturated carbocycles. The predicted molar refractivity (Wildman–Crippen MR) is 84.2 cm³/mol. The van der Waals surface area contributed by atoms with Crippen molar-refractivity contribution in [2.24, 2.45) is 4.99 Å². The van der Waals surface area contributed by atoms with E-state index in [9.17, 15) is 18.0 Å². The first-order chi connectivity index (χ1) is 11.2. The van der Waals surface area contributed by atoms with E-state index in [4.69, 9.17) is 27.9 Å². The lowest BCUT2D eigenvalue weighted by Gasteiger charge is -2.06. The lowest BCUT2D eigenvalue weighted by Crippen LogP contribution is -2.08. The van der Waals surface area contributed by atoms with Crippen LogP contribution in [0.25, 0.3) is 6.08 Å². The third-order valence-corrected chi connectivity index (χ3v) is 4.44. The minimum absolute atomic E-state index is 0.0490. The number of hydrogen-bond donors (Lipinski definition) is 0. The standard InChI is InChI=1S/C14H5Cl2F3N2O2S/c15-10-9(24-13(16)21-10)5-8-12(22)23-11(20-8)6-1-3-7(4-2-6)14(17,18)19/h1-5H. The molecule has 1 aromatic heterocycles. The van der Waals surface area contributed by atoms with Crippen molar-refractivity contribution >= 4 is 52.5 Å². The van der Waals surface area contributed by atoms with Gasteiger partial charge in [0.2, 0.25) is 5.90 Å². The molecule has 0 bridgehead atoms. The van der Waals surface area contributed by atoms with Crippen LogP contribution in [0.3, 0.4) is 0 Å². The molecule has 3 rings (SSSR count). The van der Waals surface area contributed by atoms with Crippen LogP contribution in [-0.2, 0) is 15.7 Å². The number of benzene rings is 1. The minimum Gasteiger partial charge on any atom is -0.402 e. The Hall–Kier alpha value is -1.90. The number of cyclic esters (lactones) is 1. The fourth-order valence-corrected chi connectivity index (χ4v) is 3.14. The van der Waals surface area contributed by atoms with E-state index in [-0.39, 0.29) is 26.8 Å². The third-order valence-electron chi connectivity index (χ3n) is 2.93. The fourth-order valence-electron chi connectivity index (χ4n) is 1.84. The minimum atomic E-state index is -4.44. The Balaban J connectivity index is 1.90. The Morgan fingerprint density at radius 1 is 1.17 bits per heavy atom. The van der Waals surface area contributed by atoms with Gasteiger partial charge in [-0.25, -0.2) is 14.8 Å². The van der Waals surface area contributed by atoms with Crippen molar-refractivity contribution < 1.29 is 22.7 Å². The molecule has 1 aromatic carbocycles. The van der Waals surface area contributed by atoms with Gasteiger partial charge in [-0.2, -0.15) is 13.2 Å². The average molecular weight is 393 g/mol. The molecule has 0 N–H and O–H groups in total. The molecule has 2 aromatic rings. The zero-order valence-corrected chi connectivity index (χ0v) is 13.7. The van der Waals surface area contributed by atoms with Gasteiger partial charge in [0.25, 0.3) is 0 Å². The number of alkyl halides is 3. The molecule has 1 aliphatic heterocycles. The number of carbonyl (C=O) groups excluding carboxylic acids is 1. The highest BCUT2D eigenvalue weighted by atomic mass is 35.5. The van der Waals surface area contributed by atoms with Crippen molar-refractivity contribution in [3.05, 3.63) is 55.6 Å². The lowest BCUT2D eigenvalue weighted by atomic mass is 10.1. The summed E-state index contributed by atoms with van der Waals surface area (Å²) in [5.74, 6) is -0.836. The van der Waals surface area contributed by atoms with E-state index in [1.165, 1.54) is 18.2 Å². The number of halogens is 5. The molecule has 0 unspecified atom stereocenters. The highest BCUT2D eigenvalue weighted by molar-refractivity contribution is 7.17. The summed E-state index contributed by atoms with van der Waals surface area (Å²) in [6.07, 6.45) is -3.09. The van der Waals surface area contributed by atoms with Gasteiger partial charge in [0.05, 0.1) is 10.4 Å². The van der Waals surface area contributed by atoms with Crippen LogP contribution < -0.4 is 0 Å². The summed E-state index contributed by atoms with van der Waals surface area (Å²) in [5.41, 5.74) is -0.613. The zero-order chi connectivity index (χ0) is 17.5. The number of rotatable bonds is 2. The van der Waals surface area contributed by atoms with Gasteiger partial charge in [-0.15, -0.1) is 11.3 Å². The monoisotopic (exact) mass is 392 g/mol. The number of carbonyl (C=O) groups is 1. The summed E-state index contributed by atoms with van der Waals surface area (Å²) >= 11 is 12.6. The summed E-state index contributed by atoms with van der Waals surface area (Å²) in [7, 11) is 0. The van der Waals surface area contributed by atoms with Crippen molar-refractivity contribution in [3.63, 3.8) is 0 Å². The van der Waals surface area contributed by atoms with Gasteiger partial charge in [-0.05, 0) is 30.3 Å². The third kappa shape index (κ3) is 3.45. The maximum absolute atomic E-state index is 12.6. The van der Waals surface area contributed by atoms with Gasteiger partial charge < -0.3 is 4.74 Å². The summed E-state index contributed by atoms with van der Waals surface area (Å²) in [4.78, 5) is 20.0. The molecule has 0 atom stereocenters. The second-order valence-corrected chi connectivity index (χ2v) is 6.50. The van der Waals surface area contributed by atoms with Crippen LogP contribution in [-0.4, -0.2) is 16.9 Å². The van der Waals surface area contributed by atoms with E-state index >= 15 is 0 Å². The molecule has 4 nitrogen and oxygen atoms in total. The lowest BCUT2D eigenvalue weighted by molar-refractivity contribution is -0.137. The summed E-state index contributed by atoms with van der Waals surface area (Å²) in [6.45, 7) is 0. The predicted octanol–water partition coefficient (Wildman–Crippen LogP) is 4.81. The molecule has 0 spiro atoms. The van der Waals surface area contributed by atoms with Crippen LogP contribution in [0, 0.1) is 0 Å². The Labute approximate surface area is 147 Å². The first-order valence-electron chi connectivity index (χ1n) is 6.26. The Kier molecular flexibility index (Phi) is 4.37. The summed E-state index contributed by atoms with van der Waals surface area (Å²) in [6, 6.07) is 4.11. The van der Waals surface area contributed by atoms with E-state index < -0.39 is 17.7 Å². The molecule has 10 heteroatoms. The van der Waals surface area contributed by atoms with Crippen LogP contribution in [0.5, 0.6) is 0 Å². The van der Waals surface area contributed by atoms with E-state index in [0.29, 0.717) is 4.88 Å². The van der Waals surface area contributed by atoms with Crippen molar-refractivity contribution in [1.29, 1.82) is 0 Å². The van der Waals surface area contributed by atoms with Crippen molar-refractivity contribution in [2.75, 3.05) is 0 Å². The van der Waals surface area contributed by atoms with Gasteiger partial charge in [0.15, 0.2) is 10.2 Å². The van der Waals surface area contributed by atoms with E-state index in [1.807, 2.05) is 0 Å². The number of nitrogens with zero attached hydrogens (tertiary/aromatic N) is 2. The number of ether oxygens (including phenoxy) is 1. The van der Waals surface area contributed by atoms with E-state index in [0.717, 1.165) is 23.5 Å². The molecule has 0 saturated heterocycles. The second-order valence-electron chi connectivity index (χ2n) is 4.53.